The normalized spacial score (nSPS) is 20.2. The van der Waals surface area contributed by atoms with Crippen LogP contribution in [0.15, 0.2) is 18.2 Å². The molecule has 4 heteroatoms. The Labute approximate surface area is 115 Å². The number of nitrogens with zero attached hydrogens (tertiary/aromatic N) is 1. The Balaban J connectivity index is 1.95. The summed E-state index contributed by atoms with van der Waals surface area (Å²) in [5.41, 5.74) is 8.01. The van der Waals surface area contributed by atoms with Crippen LogP contribution in [0.25, 0.3) is 0 Å². The number of nitrogens with two attached hydrogens (primary N) is 1. The molecule has 1 unspecified atom stereocenters. The van der Waals surface area contributed by atoms with Crippen molar-refractivity contribution in [3.63, 3.8) is 0 Å². The smallest absolute Gasteiger partial charge is 0.251 e. The number of likely N-dealkylation sites (N-methyl/N-ethyl adjacent to an activating group) is 1. The molecule has 0 aromatic heterocycles. The molecule has 1 atom stereocenters. The van der Waals surface area contributed by atoms with Crippen LogP contribution in [-0.2, 0) is 0 Å². The van der Waals surface area contributed by atoms with Gasteiger partial charge < -0.3 is 16.0 Å². The highest BCUT2D eigenvalue weighted by molar-refractivity contribution is 5.96. The van der Waals surface area contributed by atoms with Gasteiger partial charge in [0.05, 0.1) is 0 Å². The van der Waals surface area contributed by atoms with E-state index >= 15 is 0 Å². The van der Waals surface area contributed by atoms with Gasteiger partial charge in [0.1, 0.15) is 0 Å². The van der Waals surface area contributed by atoms with Gasteiger partial charge in [-0.1, -0.05) is 12.5 Å². The van der Waals surface area contributed by atoms with Crippen LogP contribution < -0.4 is 11.1 Å². The minimum atomic E-state index is -0.0243. The Morgan fingerprint density at radius 2 is 2.26 bits per heavy atom. The number of hydrogen-bond donors (Lipinski definition) is 2. The van der Waals surface area contributed by atoms with E-state index in [1.807, 2.05) is 19.1 Å². The van der Waals surface area contributed by atoms with Gasteiger partial charge in [0.15, 0.2) is 0 Å². The van der Waals surface area contributed by atoms with E-state index in [1.165, 1.54) is 12.8 Å². The largest absolute Gasteiger partial charge is 0.399 e. The number of nitrogen functional groups attached to an aromatic ring is 1. The molecule has 2 rings (SSSR count). The van der Waals surface area contributed by atoms with E-state index in [2.05, 4.69) is 17.3 Å². The zero-order chi connectivity index (χ0) is 13.8. The van der Waals surface area contributed by atoms with Crippen molar-refractivity contribution >= 4 is 11.6 Å². The molecule has 0 bridgehead atoms. The monoisotopic (exact) mass is 261 g/mol. The molecule has 1 heterocycles. The fourth-order valence-electron chi connectivity index (χ4n) is 2.59. The number of anilines is 1. The van der Waals surface area contributed by atoms with Crippen molar-refractivity contribution in [3.8, 4) is 0 Å². The maximum absolute atomic E-state index is 12.2. The van der Waals surface area contributed by atoms with Gasteiger partial charge in [-0.3, -0.25) is 4.79 Å². The molecule has 0 saturated carbocycles. The molecule has 19 heavy (non-hydrogen) atoms. The number of carbonyl (C=O) groups excluding carboxylic acids is 1. The zero-order valence-corrected chi connectivity index (χ0v) is 11.8. The highest BCUT2D eigenvalue weighted by Crippen LogP contribution is 2.15. The lowest BCUT2D eigenvalue weighted by Crippen LogP contribution is -2.44. The first-order chi connectivity index (χ1) is 9.08. The molecule has 1 amide bonds. The minimum Gasteiger partial charge on any atom is -0.399 e. The van der Waals surface area contributed by atoms with Crippen molar-refractivity contribution in [2.45, 2.75) is 32.2 Å². The van der Waals surface area contributed by atoms with Gasteiger partial charge in [-0.2, -0.15) is 0 Å². The van der Waals surface area contributed by atoms with E-state index < -0.39 is 0 Å². The predicted octanol–water partition coefficient (Wildman–Crippen LogP) is 1.79. The Hall–Kier alpha value is -1.55. The Morgan fingerprint density at radius 1 is 1.47 bits per heavy atom. The lowest BCUT2D eigenvalue weighted by molar-refractivity contribution is 0.0928. The van der Waals surface area contributed by atoms with E-state index in [4.69, 9.17) is 5.73 Å². The average molecular weight is 261 g/mol. The molecule has 1 saturated heterocycles. The Kier molecular flexibility index (Phi) is 4.43. The second kappa shape index (κ2) is 6.06. The van der Waals surface area contributed by atoms with E-state index in [-0.39, 0.29) is 5.91 Å². The fraction of sp³-hybridized carbons (Fsp3) is 0.533. The van der Waals surface area contributed by atoms with Gasteiger partial charge in [0.25, 0.3) is 5.91 Å². The van der Waals surface area contributed by atoms with Gasteiger partial charge in [-0.05, 0) is 51.1 Å². The van der Waals surface area contributed by atoms with Gasteiger partial charge in [0, 0.05) is 23.8 Å². The summed E-state index contributed by atoms with van der Waals surface area (Å²) < 4.78 is 0. The van der Waals surface area contributed by atoms with Crippen LogP contribution >= 0.6 is 0 Å². The van der Waals surface area contributed by atoms with Crippen LogP contribution in [0.5, 0.6) is 0 Å². The number of rotatable bonds is 3. The van der Waals surface area contributed by atoms with Crippen molar-refractivity contribution in [1.82, 2.24) is 10.2 Å². The molecule has 4 nitrogen and oxygen atoms in total. The Bertz CT molecular complexity index is 459. The fourth-order valence-corrected chi connectivity index (χ4v) is 2.59. The number of likely N-dealkylation sites (tertiary alicyclic amines) is 1. The molecular formula is C15H23N3O. The number of hydrogen-bond acceptors (Lipinski definition) is 3. The third-order valence-corrected chi connectivity index (χ3v) is 3.93. The van der Waals surface area contributed by atoms with Crippen LogP contribution in [0.4, 0.5) is 5.69 Å². The summed E-state index contributed by atoms with van der Waals surface area (Å²) in [7, 11) is 2.13. The van der Waals surface area contributed by atoms with E-state index in [0.29, 0.717) is 23.8 Å². The lowest BCUT2D eigenvalue weighted by Gasteiger charge is -2.32. The summed E-state index contributed by atoms with van der Waals surface area (Å²) in [4.78, 5) is 14.5. The predicted molar refractivity (Wildman–Crippen MR) is 78.2 cm³/mol. The lowest BCUT2D eigenvalue weighted by atomic mass is 10.0. The molecule has 1 fully saturated rings. The molecule has 0 aliphatic carbocycles. The topological polar surface area (TPSA) is 58.4 Å². The maximum Gasteiger partial charge on any atom is 0.251 e. The number of aryl methyl sites for hydroxylation is 1. The molecule has 1 aliphatic rings. The van der Waals surface area contributed by atoms with Crippen molar-refractivity contribution in [2.75, 3.05) is 25.9 Å². The van der Waals surface area contributed by atoms with Crippen molar-refractivity contribution in [2.24, 2.45) is 0 Å². The zero-order valence-electron chi connectivity index (χ0n) is 11.8. The first-order valence-electron chi connectivity index (χ1n) is 6.92. The second-order valence-corrected chi connectivity index (χ2v) is 5.41. The van der Waals surface area contributed by atoms with Crippen LogP contribution in [0.1, 0.15) is 35.2 Å². The van der Waals surface area contributed by atoms with Crippen LogP contribution in [-0.4, -0.2) is 37.0 Å². The quantitative estimate of drug-likeness (QED) is 0.816. The third-order valence-electron chi connectivity index (χ3n) is 3.93. The van der Waals surface area contributed by atoms with E-state index in [1.54, 1.807) is 6.07 Å². The number of carbonyl (C=O) groups is 1. The van der Waals surface area contributed by atoms with E-state index in [9.17, 15) is 4.79 Å². The molecule has 0 radical (unpaired) electrons. The minimum absolute atomic E-state index is 0.0243. The van der Waals surface area contributed by atoms with Crippen molar-refractivity contribution in [3.05, 3.63) is 29.3 Å². The maximum atomic E-state index is 12.2. The summed E-state index contributed by atoms with van der Waals surface area (Å²) in [6.45, 7) is 3.77. The number of nitrogens with one attached hydrogen (secondary N) is 1. The van der Waals surface area contributed by atoms with Crippen molar-refractivity contribution < 1.29 is 4.79 Å². The van der Waals surface area contributed by atoms with Crippen LogP contribution in [0, 0.1) is 6.92 Å². The molecule has 104 valence electrons. The average Bonchev–Trinajstić information content (AvgIpc) is 2.40. The van der Waals surface area contributed by atoms with Gasteiger partial charge in [-0.15, -0.1) is 0 Å². The summed E-state index contributed by atoms with van der Waals surface area (Å²) in [5, 5.41) is 3.03. The number of amides is 1. The molecule has 1 aromatic rings. The van der Waals surface area contributed by atoms with Gasteiger partial charge >= 0.3 is 0 Å². The standard InChI is InChI=1S/C15H23N3O/c1-11-6-7-12(16)9-14(11)15(19)17-10-13-5-3-4-8-18(13)2/h6-7,9,13H,3-5,8,10,16H2,1-2H3,(H,17,19). The van der Waals surface area contributed by atoms with Gasteiger partial charge in [0.2, 0.25) is 0 Å². The third kappa shape index (κ3) is 3.47. The SMILES string of the molecule is Cc1ccc(N)cc1C(=O)NCC1CCCCN1C. The molecular weight excluding hydrogens is 238 g/mol. The molecule has 0 spiro atoms. The summed E-state index contributed by atoms with van der Waals surface area (Å²) in [5.74, 6) is -0.0243. The highest BCUT2D eigenvalue weighted by Gasteiger charge is 2.19. The summed E-state index contributed by atoms with van der Waals surface area (Å²) in [6.07, 6.45) is 3.67. The van der Waals surface area contributed by atoms with Crippen LogP contribution in [0.3, 0.4) is 0 Å². The van der Waals surface area contributed by atoms with Gasteiger partial charge in [-0.25, -0.2) is 0 Å². The first kappa shape index (κ1) is 13.9. The Morgan fingerprint density at radius 3 is 3.00 bits per heavy atom. The highest BCUT2D eigenvalue weighted by atomic mass is 16.1. The first-order valence-corrected chi connectivity index (χ1v) is 6.92. The molecule has 1 aromatic carbocycles. The molecule has 3 N–H and O–H groups in total. The number of piperidine rings is 1. The summed E-state index contributed by atoms with van der Waals surface area (Å²) >= 11 is 0. The summed E-state index contributed by atoms with van der Waals surface area (Å²) in [6, 6.07) is 5.91. The molecule has 1 aliphatic heterocycles. The van der Waals surface area contributed by atoms with Crippen LogP contribution in [0.2, 0.25) is 0 Å². The number of benzene rings is 1. The van der Waals surface area contributed by atoms with Crippen molar-refractivity contribution in [1.29, 1.82) is 0 Å². The second-order valence-electron chi connectivity index (χ2n) is 5.41. The van der Waals surface area contributed by atoms with E-state index in [0.717, 1.165) is 18.5 Å².